The van der Waals surface area contributed by atoms with Crippen LogP contribution in [-0.2, 0) is 4.74 Å². The number of carbonyl (C=O) groups excluding carboxylic acids is 1. The van der Waals surface area contributed by atoms with E-state index < -0.39 is 0 Å². The molecule has 1 rings (SSSR count). The van der Waals surface area contributed by atoms with E-state index in [1.807, 2.05) is 13.1 Å². The average molecular weight is 335 g/mol. The van der Waals surface area contributed by atoms with Gasteiger partial charge in [-0.2, -0.15) is 0 Å². The van der Waals surface area contributed by atoms with Crippen molar-refractivity contribution in [1.29, 1.82) is 0 Å². The number of likely N-dealkylation sites (N-methyl/N-ethyl adjacent to an activating group) is 1. The van der Waals surface area contributed by atoms with Gasteiger partial charge >= 0.3 is 0 Å². The fraction of sp³-hybridized carbons (Fsp3) is 0.462. The summed E-state index contributed by atoms with van der Waals surface area (Å²) >= 11 is 9.36. The third-order valence-corrected chi connectivity index (χ3v) is 3.44. The van der Waals surface area contributed by atoms with Gasteiger partial charge in [0.1, 0.15) is 0 Å². The van der Waals surface area contributed by atoms with E-state index in [1.54, 1.807) is 19.2 Å². The van der Waals surface area contributed by atoms with E-state index in [2.05, 4.69) is 20.8 Å². The lowest BCUT2D eigenvalue weighted by Gasteiger charge is -2.15. The number of ether oxygens (including phenoxy) is 1. The Morgan fingerprint density at radius 2 is 2.17 bits per heavy atom. The molecule has 0 heterocycles. The van der Waals surface area contributed by atoms with Crippen LogP contribution in [0.4, 0.5) is 0 Å². The number of methoxy groups -OCH3 is 1. The topological polar surface area (TPSA) is 29.5 Å². The Balaban J connectivity index is 2.50. The maximum atomic E-state index is 12.0. The quantitative estimate of drug-likeness (QED) is 0.717. The summed E-state index contributed by atoms with van der Waals surface area (Å²) in [7, 11) is 3.64. The highest BCUT2D eigenvalue weighted by molar-refractivity contribution is 9.10. The summed E-state index contributed by atoms with van der Waals surface area (Å²) in [5.41, 5.74) is 0.583. The van der Waals surface area contributed by atoms with Crippen molar-refractivity contribution in [3.05, 3.63) is 33.3 Å². The first-order valence-corrected chi connectivity index (χ1v) is 6.87. The molecule has 0 saturated carbocycles. The van der Waals surface area contributed by atoms with Crippen LogP contribution in [0, 0.1) is 0 Å². The summed E-state index contributed by atoms with van der Waals surface area (Å²) in [6.07, 6.45) is 0.460. The van der Waals surface area contributed by atoms with Crippen LogP contribution < -0.4 is 0 Å². The Morgan fingerprint density at radius 3 is 2.78 bits per heavy atom. The molecule has 0 N–H and O–H groups in total. The molecule has 0 bridgehead atoms. The number of Topliss-reactive ketones (excluding diaryl/α,β-unsaturated/α-hetero) is 1. The summed E-state index contributed by atoms with van der Waals surface area (Å²) in [6, 6.07) is 5.32. The van der Waals surface area contributed by atoms with Gasteiger partial charge in [0.25, 0.3) is 0 Å². The minimum atomic E-state index is 0.0665. The third-order valence-electron chi connectivity index (χ3n) is 2.63. The van der Waals surface area contributed by atoms with Gasteiger partial charge in [-0.15, -0.1) is 0 Å². The van der Waals surface area contributed by atoms with Crippen LogP contribution in [0.3, 0.4) is 0 Å². The molecule has 0 aliphatic carbocycles. The molecule has 100 valence electrons. The first kappa shape index (κ1) is 15.6. The molecule has 0 radical (unpaired) electrons. The fourth-order valence-corrected chi connectivity index (χ4v) is 2.28. The SMILES string of the molecule is COCCN(C)CCC(=O)c1ccc(Br)cc1Cl. The van der Waals surface area contributed by atoms with Crippen molar-refractivity contribution in [1.82, 2.24) is 4.90 Å². The van der Waals surface area contributed by atoms with E-state index in [1.165, 1.54) is 0 Å². The monoisotopic (exact) mass is 333 g/mol. The molecule has 0 aliphatic heterocycles. The summed E-state index contributed by atoms with van der Waals surface area (Å²) in [6.45, 7) is 2.19. The largest absolute Gasteiger partial charge is 0.383 e. The standard InChI is InChI=1S/C13H17BrClNO2/c1-16(7-8-18-2)6-5-13(17)11-4-3-10(14)9-12(11)15/h3-4,9H,5-8H2,1-2H3. The summed E-state index contributed by atoms with van der Waals surface area (Å²) < 4.78 is 5.86. The van der Waals surface area contributed by atoms with Gasteiger partial charge in [-0.1, -0.05) is 27.5 Å². The number of benzene rings is 1. The smallest absolute Gasteiger partial charge is 0.165 e. The molecular weight excluding hydrogens is 318 g/mol. The highest BCUT2D eigenvalue weighted by Gasteiger charge is 2.11. The predicted molar refractivity (Wildman–Crippen MR) is 77.5 cm³/mol. The van der Waals surface area contributed by atoms with Gasteiger partial charge in [0.05, 0.1) is 11.6 Å². The van der Waals surface area contributed by atoms with Crippen molar-refractivity contribution in [2.24, 2.45) is 0 Å². The maximum absolute atomic E-state index is 12.0. The number of ketones is 1. The lowest BCUT2D eigenvalue weighted by Crippen LogP contribution is -2.25. The Hall–Kier alpha value is -0.420. The molecule has 1 aromatic carbocycles. The summed E-state index contributed by atoms with van der Waals surface area (Å²) in [5, 5.41) is 0.494. The molecule has 0 aliphatic rings. The second-order valence-electron chi connectivity index (χ2n) is 4.09. The van der Waals surface area contributed by atoms with E-state index in [4.69, 9.17) is 16.3 Å². The van der Waals surface area contributed by atoms with Crippen molar-refractivity contribution in [3.63, 3.8) is 0 Å². The van der Waals surface area contributed by atoms with Crippen LogP contribution in [0.15, 0.2) is 22.7 Å². The second-order valence-corrected chi connectivity index (χ2v) is 5.42. The van der Waals surface area contributed by atoms with E-state index in [0.717, 1.165) is 11.0 Å². The van der Waals surface area contributed by atoms with Gasteiger partial charge < -0.3 is 9.64 Å². The second kappa shape index (κ2) is 7.89. The molecule has 0 unspecified atom stereocenters. The normalized spacial score (nSPS) is 10.9. The van der Waals surface area contributed by atoms with Crippen molar-refractivity contribution >= 4 is 33.3 Å². The number of carbonyl (C=O) groups is 1. The zero-order valence-corrected chi connectivity index (χ0v) is 12.9. The van der Waals surface area contributed by atoms with Gasteiger partial charge in [0.2, 0.25) is 0 Å². The van der Waals surface area contributed by atoms with Crippen LogP contribution in [0.1, 0.15) is 16.8 Å². The van der Waals surface area contributed by atoms with Crippen LogP contribution in [-0.4, -0.2) is 44.5 Å². The van der Waals surface area contributed by atoms with Gasteiger partial charge in [-0.25, -0.2) is 0 Å². The number of rotatable bonds is 7. The predicted octanol–water partition coefficient (Wildman–Crippen LogP) is 3.25. The Labute approximate surface area is 121 Å². The zero-order chi connectivity index (χ0) is 13.5. The molecule has 3 nitrogen and oxygen atoms in total. The highest BCUT2D eigenvalue weighted by atomic mass is 79.9. The van der Waals surface area contributed by atoms with Crippen molar-refractivity contribution < 1.29 is 9.53 Å². The molecule has 5 heteroatoms. The number of hydrogen-bond acceptors (Lipinski definition) is 3. The first-order valence-electron chi connectivity index (χ1n) is 5.70. The minimum Gasteiger partial charge on any atom is -0.383 e. The summed E-state index contributed by atoms with van der Waals surface area (Å²) in [5.74, 6) is 0.0665. The molecule has 1 aromatic rings. The van der Waals surface area contributed by atoms with Crippen molar-refractivity contribution in [3.8, 4) is 0 Å². The average Bonchev–Trinajstić information content (AvgIpc) is 2.33. The van der Waals surface area contributed by atoms with Gasteiger partial charge in [-0.3, -0.25) is 4.79 Å². The maximum Gasteiger partial charge on any atom is 0.165 e. The summed E-state index contributed by atoms with van der Waals surface area (Å²) in [4.78, 5) is 14.1. The van der Waals surface area contributed by atoms with Gasteiger partial charge in [0.15, 0.2) is 5.78 Å². The number of hydrogen-bond donors (Lipinski definition) is 0. The molecule has 0 amide bonds. The van der Waals surface area contributed by atoms with Crippen LogP contribution >= 0.6 is 27.5 Å². The Bertz CT molecular complexity index is 412. The molecule has 0 fully saturated rings. The van der Waals surface area contributed by atoms with Crippen LogP contribution in [0.2, 0.25) is 5.02 Å². The van der Waals surface area contributed by atoms with Crippen LogP contribution in [0.25, 0.3) is 0 Å². The molecule has 0 atom stereocenters. The van der Waals surface area contributed by atoms with E-state index >= 15 is 0 Å². The Morgan fingerprint density at radius 1 is 1.44 bits per heavy atom. The van der Waals surface area contributed by atoms with Crippen molar-refractivity contribution in [2.45, 2.75) is 6.42 Å². The minimum absolute atomic E-state index is 0.0665. The molecule has 0 saturated heterocycles. The van der Waals surface area contributed by atoms with Crippen LogP contribution in [0.5, 0.6) is 0 Å². The Kier molecular flexibility index (Phi) is 6.86. The third kappa shape index (κ3) is 5.06. The number of nitrogens with zero attached hydrogens (tertiary/aromatic N) is 1. The van der Waals surface area contributed by atoms with Gasteiger partial charge in [-0.05, 0) is 25.2 Å². The van der Waals surface area contributed by atoms with E-state index in [9.17, 15) is 4.79 Å². The highest BCUT2D eigenvalue weighted by Crippen LogP contribution is 2.22. The number of halogens is 2. The van der Waals surface area contributed by atoms with E-state index in [0.29, 0.717) is 30.2 Å². The van der Waals surface area contributed by atoms with E-state index in [-0.39, 0.29) is 5.78 Å². The molecular formula is C13H17BrClNO2. The van der Waals surface area contributed by atoms with Gasteiger partial charge in [0, 0.05) is 36.7 Å². The molecule has 0 spiro atoms. The first-order chi connectivity index (χ1) is 8.54. The van der Waals surface area contributed by atoms with Crippen molar-refractivity contribution in [2.75, 3.05) is 33.9 Å². The molecule has 18 heavy (non-hydrogen) atoms. The fourth-order valence-electron chi connectivity index (χ4n) is 1.50. The lowest BCUT2D eigenvalue weighted by molar-refractivity contribution is 0.0960. The lowest BCUT2D eigenvalue weighted by atomic mass is 10.1. The zero-order valence-electron chi connectivity index (χ0n) is 10.6. The molecule has 0 aromatic heterocycles.